The van der Waals surface area contributed by atoms with Gasteiger partial charge in [-0.2, -0.15) is 13.1 Å². The second-order valence-electron chi connectivity index (χ2n) is 5.51. The van der Waals surface area contributed by atoms with Gasteiger partial charge in [0.1, 0.15) is 5.84 Å². The highest BCUT2D eigenvalue weighted by molar-refractivity contribution is 7.88. The highest BCUT2D eigenvalue weighted by Gasteiger charge is 2.21. The molecule has 1 atom stereocenters. The van der Waals surface area contributed by atoms with Crippen molar-refractivity contribution in [3.05, 3.63) is 24.0 Å². The first-order chi connectivity index (χ1) is 10.3. The smallest absolute Gasteiger partial charge is 0.321 e. The maximum absolute atomic E-state index is 11.4. The van der Waals surface area contributed by atoms with E-state index in [9.17, 15) is 8.42 Å². The number of hydrogen-bond donors (Lipinski definition) is 2. The van der Waals surface area contributed by atoms with Crippen molar-refractivity contribution in [2.24, 2.45) is 10.1 Å². The first-order valence-corrected chi connectivity index (χ1v) is 8.71. The zero-order valence-corrected chi connectivity index (χ0v) is 14.3. The molecule has 0 bridgehead atoms. The summed E-state index contributed by atoms with van der Waals surface area (Å²) in [6.07, 6.45) is 7.77. The Morgan fingerprint density at radius 2 is 2.23 bits per heavy atom. The lowest BCUT2D eigenvalue weighted by Crippen LogP contribution is -2.41. The molecule has 1 aliphatic heterocycles. The van der Waals surface area contributed by atoms with Crippen LogP contribution in [0.25, 0.3) is 0 Å². The van der Waals surface area contributed by atoms with Crippen LogP contribution in [0.1, 0.15) is 26.2 Å². The molecule has 1 rings (SSSR count). The minimum Gasteiger partial charge on any atom is -0.498 e. The van der Waals surface area contributed by atoms with Crippen LogP contribution in [0.4, 0.5) is 0 Å². The van der Waals surface area contributed by atoms with Crippen LogP contribution in [0.2, 0.25) is 0 Å². The van der Waals surface area contributed by atoms with Gasteiger partial charge in [-0.1, -0.05) is 12.2 Å². The van der Waals surface area contributed by atoms with Crippen molar-refractivity contribution in [1.82, 2.24) is 9.62 Å². The fourth-order valence-electron chi connectivity index (χ4n) is 1.92. The third-order valence-electron chi connectivity index (χ3n) is 2.97. The molecule has 126 valence electrons. The van der Waals surface area contributed by atoms with Crippen molar-refractivity contribution in [3.8, 4) is 0 Å². The average molecular weight is 330 g/mol. The van der Waals surface area contributed by atoms with Crippen LogP contribution >= 0.6 is 0 Å². The van der Waals surface area contributed by atoms with Gasteiger partial charge >= 0.3 is 10.2 Å². The van der Waals surface area contributed by atoms with E-state index in [4.69, 9.17) is 10.5 Å². The summed E-state index contributed by atoms with van der Waals surface area (Å²) in [4.78, 5) is 2.14. The van der Waals surface area contributed by atoms with Crippen LogP contribution in [0.5, 0.6) is 0 Å². The maximum atomic E-state index is 11.4. The van der Waals surface area contributed by atoms with Crippen LogP contribution in [-0.4, -0.2) is 52.4 Å². The van der Waals surface area contributed by atoms with E-state index in [1.807, 2.05) is 27.1 Å². The molecule has 1 heterocycles. The van der Waals surface area contributed by atoms with E-state index in [0.29, 0.717) is 13.0 Å². The molecule has 0 saturated carbocycles. The van der Waals surface area contributed by atoms with Crippen LogP contribution in [0.3, 0.4) is 0 Å². The molecule has 7 nitrogen and oxygen atoms in total. The third-order valence-corrected chi connectivity index (χ3v) is 4.05. The third kappa shape index (κ3) is 8.16. The van der Waals surface area contributed by atoms with Crippen molar-refractivity contribution < 1.29 is 13.2 Å². The first kappa shape index (κ1) is 18.7. The number of hydrogen-bond acceptors (Lipinski definition) is 5. The number of nitrogens with two attached hydrogens (primary N) is 1. The second kappa shape index (κ2) is 8.92. The summed E-state index contributed by atoms with van der Waals surface area (Å²) in [5, 5.41) is 0. The summed E-state index contributed by atoms with van der Waals surface area (Å²) < 4.78 is 34.1. The van der Waals surface area contributed by atoms with Gasteiger partial charge in [-0.25, -0.2) is 0 Å². The predicted octanol–water partition coefficient (Wildman–Crippen LogP) is 0.769. The molecular weight excluding hydrogens is 304 g/mol. The molecule has 0 aromatic carbocycles. The Hall–Kier alpha value is -1.38. The molecule has 22 heavy (non-hydrogen) atoms. The fourth-order valence-corrected chi connectivity index (χ4v) is 2.90. The topological polar surface area (TPSA) is 97.0 Å². The summed E-state index contributed by atoms with van der Waals surface area (Å²) >= 11 is 0. The van der Waals surface area contributed by atoms with Gasteiger partial charge in [0, 0.05) is 12.5 Å². The minimum atomic E-state index is -3.65. The molecule has 0 fully saturated rings. The molecule has 0 aliphatic carbocycles. The van der Waals surface area contributed by atoms with E-state index in [2.05, 4.69) is 14.0 Å². The normalized spacial score (nSPS) is 22.1. The molecule has 0 radical (unpaired) electrons. The quantitative estimate of drug-likeness (QED) is 0.389. The van der Waals surface area contributed by atoms with Crippen molar-refractivity contribution in [3.63, 3.8) is 0 Å². The summed E-state index contributed by atoms with van der Waals surface area (Å²) in [6.45, 7) is 3.60. The van der Waals surface area contributed by atoms with Gasteiger partial charge in [-0.3, -0.25) is 0 Å². The van der Waals surface area contributed by atoms with Gasteiger partial charge in [0.15, 0.2) is 0 Å². The van der Waals surface area contributed by atoms with E-state index in [0.717, 1.165) is 25.1 Å². The standard InChI is InChI=1S/C14H26N4O3S/c1-12(21-10-5-4-9-18(2)3)7-6-8-13-11-14(15)17-22(19,20)16-13/h6-8,13,16H,4-5,9-11H2,1-3H3,(H2,15,17)/b8-6-,12-7+. The summed E-state index contributed by atoms with van der Waals surface area (Å²) in [5.41, 5.74) is 5.50. The summed E-state index contributed by atoms with van der Waals surface area (Å²) in [6, 6.07) is -0.369. The van der Waals surface area contributed by atoms with Crippen molar-refractivity contribution in [2.45, 2.75) is 32.2 Å². The lowest BCUT2D eigenvalue weighted by Gasteiger charge is -2.17. The van der Waals surface area contributed by atoms with E-state index in [1.165, 1.54) is 0 Å². The monoisotopic (exact) mass is 330 g/mol. The predicted molar refractivity (Wildman–Crippen MR) is 88.7 cm³/mol. The molecule has 1 aliphatic rings. The van der Waals surface area contributed by atoms with E-state index < -0.39 is 10.2 Å². The Morgan fingerprint density at radius 3 is 2.86 bits per heavy atom. The van der Waals surface area contributed by atoms with E-state index in [1.54, 1.807) is 12.2 Å². The molecule has 0 aromatic heterocycles. The van der Waals surface area contributed by atoms with E-state index in [-0.39, 0.29) is 11.9 Å². The van der Waals surface area contributed by atoms with Gasteiger partial charge < -0.3 is 15.4 Å². The summed E-state index contributed by atoms with van der Waals surface area (Å²) in [5.74, 6) is 0.910. The highest BCUT2D eigenvalue weighted by atomic mass is 32.2. The second-order valence-corrected chi connectivity index (χ2v) is 6.88. The van der Waals surface area contributed by atoms with E-state index >= 15 is 0 Å². The van der Waals surface area contributed by atoms with Crippen LogP contribution in [-0.2, 0) is 14.9 Å². The summed E-state index contributed by atoms with van der Waals surface area (Å²) in [7, 11) is 0.445. The maximum Gasteiger partial charge on any atom is 0.321 e. The van der Waals surface area contributed by atoms with Crippen LogP contribution in [0, 0.1) is 0 Å². The SMILES string of the molecule is C/C(=C\C=C/C1CC(N)=NS(=O)(=O)N1)OCCCCN(C)C. The molecule has 8 heteroatoms. The van der Waals surface area contributed by atoms with Gasteiger partial charge in [-0.05, 0) is 46.5 Å². The Bertz CT molecular complexity index is 538. The van der Waals surface area contributed by atoms with Gasteiger partial charge in [-0.15, -0.1) is 4.40 Å². The van der Waals surface area contributed by atoms with Crippen LogP contribution < -0.4 is 10.5 Å². The molecule has 0 saturated heterocycles. The number of rotatable bonds is 8. The Kier molecular flexibility index (Phi) is 7.57. The van der Waals surface area contributed by atoms with Gasteiger partial charge in [0.2, 0.25) is 0 Å². The number of amidine groups is 1. The molecule has 0 amide bonds. The molecule has 3 N–H and O–H groups in total. The Balaban J connectivity index is 2.33. The zero-order chi connectivity index (χ0) is 16.6. The fraction of sp³-hybridized carbons (Fsp3) is 0.643. The molecule has 1 unspecified atom stereocenters. The number of nitrogens with zero attached hydrogens (tertiary/aromatic N) is 2. The average Bonchev–Trinajstić information content (AvgIpc) is 2.35. The molecule has 0 spiro atoms. The van der Waals surface area contributed by atoms with Crippen LogP contribution in [0.15, 0.2) is 28.4 Å². The number of allylic oxidation sites excluding steroid dienone is 3. The van der Waals surface area contributed by atoms with Crippen molar-refractivity contribution >= 4 is 16.0 Å². The Labute approximate surface area is 133 Å². The lowest BCUT2D eigenvalue weighted by molar-refractivity contribution is 0.204. The molecule has 0 aromatic rings. The number of ether oxygens (including phenoxy) is 1. The van der Waals surface area contributed by atoms with Gasteiger partial charge in [0.25, 0.3) is 0 Å². The largest absolute Gasteiger partial charge is 0.498 e. The van der Waals surface area contributed by atoms with Gasteiger partial charge in [0.05, 0.1) is 12.4 Å². The van der Waals surface area contributed by atoms with Crippen molar-refractivity contribution in [1.29, 1.82) is 0 Å². The Morgan fingerprint density at radius 1 is 1.50 bits per heavy atom. The number of unbranched alkanes of at least 4 members (excludes halogenated alkanes) is 1. The zero-order valence-electron chi connectivity index (χ0n) is 13.4. The molecular formula is C14H26N4O3S. The lowest BCUT2D eigenvalue weighted by atomic mass is 10.2. The highest BCUT2D eigenvalue weighted by Crippen LogP contribution is 2.07. The minimum absolute atomic E-state index is 0.117. The van der Waals surface area contributed by atoms with Crippen molar-refractivity contribution in [2.75, 3.05) is 27.2 Å². The number of nitrogens with one attached hydrogen (secondary N) is 1. The first-order valence-electron chi connectivity index (χ1n) is 7.27.